The van der Waals surface area contributed by atoms with Crippen LogP contribution in [0.3, 0.4) is 0 Å². The first-order valence-corrected chi connectivity index (χ1v) is 10.7. The zero-order chi connectivity index (χ0) is 21.6. The minimum Gasteiger partial charge on any atom is -0.494 e. The van der Waals surface area contributed by atoms with E-state index in [0.29, 0.717) is 28.6 Å². The lowest BCUT2D eigenvalue weighted by atomic mass is 10.0. The molecule has 0 aliphatic heterocycles. The largest absolute Gasteiger partial charge is 0.494 e. The number of hydrogen-bond donors (Lipinski definition) is 2. The van der Waals surface area contributed by atoms with E-state index in [2.05, 4.69) is 26.4 Å². The van der Waals surface area contributed by atoms with Crippen LogP contribution in [0.4, 0.5) is 11.4 Å². The second-order valence-corrected chi connectivity index (χ2v) is 8.67. The predicted octanol–water partition coefficient (Wildman–Crippen LogP) is 4.35. The molecule has 2 heterocycles. The van der Waals surface area contributed by atoms with Gasteiger partial charge in [0.2, 0.25) is 0 Å². The molecule has 0 saturated heterocycles. The zero-order valence-corrected chi connectivity index (χ0v) is 17.9. The van der Waals surface area contributed by atoms with Crippen LogP contribution in [0.25, 0.3) is 11.1 Å². The van der Waals surface area contributed by atoms with Crippen molar-refractivity contribution in [2.75, 3.05) is 12.4 Å². The van der Waals surface area contributed by atoms with Crippen LogP contribution in [0.5, 0.6) is 5.75 Å². The summed E-state index contributed by atoms with van der Waals surface area (Å²) in [7, 11) is 1.61. The molecule has 1 aromatic carbocycles. The number of nitrogens with one attached hydrogen (secondary N) is 1. The fraction of sp³-hybridized carbons (Fsp3) is 0.364. The van der Waals surface area contributed by atoms with Gasteiger partial charge in [-0.3, -0.25) is 9.48 Å². The first kappa shape index (κ1) is 19.8. The maximum absolute atomic E-state index is 11.7. The van der Waals surface area contributed by atoms with E-state index in [1.807, 2.05) is 24.4 Å². The minimum absolute atomic E-state index is 0.000593. The summed E-state index contributed by atoms with van der Waals surface area (Å²) in [5.74, 6) is -0.0772. The predicted molar refractivity (Wildman–Crippen MR) is 118 cm³/mol. The number of anilines is 2. The van der Waals surface area contributed by atoms with E-state index in [1.54, 1.807) is 7.11 Å². The van der Waals surface area contributed by atoms with Crippen molar-refractivity contribution < 1.29 is 9.53 Å². The van der Waals surface area contributed by atoms with Crippen molar-refractivity contribution in [3.8, 4) is 16.9 Å². The normalized spacial score (nSPS) is 18.8. The topological polar surface area (TPSA) is 108 Å². The van der Waals surface area contributed by atoms with Crippen LogP contribution < -0.4 is 15.8 Å². The number of methoxy groups -OCH3 is 1. The molecule has 2 fully saturated rings. The number of halogens is 1. The van der Waals surface area contributed by atoms with Gasteiger partial charge in [0, 0.05) is 23.4 Å². The van der Waals surface area contributed by atoms with Gasteiger partial charge >= 0.3 is 0 Å². The Balaban J connectivity index is 1.50. The molecule has 1 spiro atoms. The number of ether oxygens (including phenoxy) is 1. The Morgan fingerprint density at radius 2 is 2.13 bits per heavy atom. The molecule has 8 nitrogen and oxygen atoms in total. The van der Waals surface area contributed by atoms with Crippen LogP contribution in [-0.4, -0.2) is 33.0 Å². The third kappa shape index (κ3) is 3.50. The molecule has 1 amide bonds. The van der Waals surface area contributed by atoms with Gasteiger partial charge in [0.25, 0.3) is 5.91 Å². The smallest absolute Gasteiger partial charge is 0.271 e. The molecule has 2 aliphatic rings. The summed E-state index contributed by atoms with van der Waals surface area (Å²) >= 11 is 5.97. The Hall–Kier alpha value is -3.13. The van der Waals surface area contributed by atoms with Crippen LogP contribution in [0.15, 0.2) is 36.7 Å². The van der Waals surface area contributed by atoms with Gasteiger partial charge in [-0.05, 0) is 37.2 Å². The average Bonchev–Trinajstić information content (AvgIpc) is 3.17. The van der Waals surface area contributed by atoms with Gasteiger partial charge in [0.05, 0.1) is 30.7 Å². The van der Waals surface area contributed by atoms with Crippen LogP contribution in [-0.2, 0) is 0 Å². The summed E-state index contributed by atoms with van der Waals surface area (Å²) in [6.07, 6.45) is 10.4. The second-order valence-electron chi connectivity index (χ2n) is 8.28. The third-order valence-corrected chi connectivity index (χ3v) is 6.65. The fourth-order valence-corrected chi connectivity index (χ4v) is 4.94. The van der Waals surface area contributed by atoms with Crippen LogP contribution in [0, 0.1) is 5.41 Å². The van der Waals surface area contributed by atoms with E-state index < -0.39 is 5.91 Å². The fourth-order valence-electron chi connectivity index (χ4n) is 4.80. The van der Waals surface area contributed by atoms with Crippen LogP contribution >= 0.6 is 11.6 Å². The summed E-state index contributed by atoms with van der Waals surface area (Å²) < 4.78 is 7.87. The first-order valence-electron chi connectivity index (χ1n) is 10.3. The number of nitrogens with zero attached hydrogens (tertiary/aromatic N) is 4. The molecule has 31 heavy (non-hydrogen) atoms. The Bertz CT molecular complexity index is 1160. The molecular weight excluding hydrogens is 416 g/mol. The first-order chi connectivity index (χ1) is 15.0. The highest BCUT2D eigenvalue weighted by Crippen LogP contribution is 2.63. The van der Waals surface area contributed by atoms with Gasteiger partial charge in [0.1, 0.15) is 5.75 Å². The lowest BCUT2D eigenvalue weighted by Crippen LogP contribution is -2.16. The number of amides is 1. The molecule has 0 radical (unpaired) electrons. The summed E-state index contributed by atoms with van der Waals surface area (Å²) in [6, 6.07) is 7.74. The molecule has 0 bridgehead atoms. The van der Waals surface area contributed by atoms with Gasteiger partial charge in [-0.1, -0.05) is 30.2 Å². The highest BCUT2D eigenvalue weighted by Gasteiger charge is 2.53. The summed E-state index contributed by atoms with van der Waals surface area (Å²) in [5, 5.41) is 15.5. The van der Waals surface area contributed by atoms with E-state index in [9.17, 15) is 4.79 Å². The molecule has 9 heteroatoms. The summed E-state index contributed by atoms with van der Waals surface area (Å²) in [6.45, 7) is 0. The van der Waals surface area contributed by atoms with Crippen molar-refractivity contribution >= 4 is 28.9 Å². The molecule has 160 valence electrons. The van der Waals surface area contributed by atoms with Crippen molar-refractivity contribution in [2.24, 2.45) is 11.1 Å². The van der Waals surface area contributed by atoms with Crippen molar-refractivity contribution in [1.82, 2.24) is 20.0 Å². The van der Waals surface area contributed by atoms with Gasteiger partial charge < -0.3 is 15.8 Å². The zero-order valence-electron chi connectivity index (χ0n) is 17.1. The Morgan fingerprint density at radius 3 is 2.87 bits per heavy atom. The van der Waals surface area contributed by atoms with Gasteiger partial charge in [-0.25, -0.2) is 0 Å². The Morgan fingerprint density at radius 1 is 1.29 bits per heavy atom. The van der Waals surface area contributed by atoms with E-state index in [0.717, 1.165) is 11.1 Å². The number of rotatable bonds is 6. The minimum atomic E-state index is -0.700. The van der Waals surface area contributed by atoms with Crippen molar-refractivity contribution in [3.63, 3.8) is 0 Å². The highest BCUT2D eigenvalue weighted by molar-refractivity contribution is 6.29. The number of benzene rings is 1. The number of para-hydroxylation sites is 1. The lowest BCUT2D eigenvalue weighted by Gasteiger charge is -2.19. The molecule has 1 atom stereocenters. The summed E-state index contributed by atoms with van der Waals surface area (Å²) in [5.41, 5.74) is 8.79. The quantitative estimate of drug-likeness (QED) is 0.592. The van der Waals surface area contributed by atoms with Gasteiger partial charge in [0.15, 0.2) is 10.8 Å². The molecular formula is C22H23ClN6O2. The van der Waals surface area contributed by atoms with Gasteiger partial charge in [-0.2, -0.15) is 5.10 Å². The number of carbonyl (C=O) groups is 1. The molecule has 1 unspecified atom stereocenters. The molecule has 5 rings (SSSR count). The van der Waals surface area contributed by atoms with Crippen molar-refractivity contribution in [2.45, 2.75) is 38.1 Å². The molecule has 2 saturated carbocycles. The SMILES string of the molecule is COc1c(Nc2cc(Cl)nnc2C(N)=O)cccc1-c1cnn(C2CCCC23CC3)c1. The Labute approximate surface area is 184 Å². The van der Waals surface area contributed by atoms with E-state index in [1.165, 1.54) is 38.2 Å². The summed E-state index contributed by atoms with van der Waals surface area (Å²) in [4.78, 5) is 11.7. The molecule has 3 aromatic rings. The van der Waals surface area contributed by atoms with E-state index in [4.69, 9.17) is 27.2 Å². The van der Waals surface area contributed by atoms with Crippen LogP contribution in [0.2, 0.25) is 5.15 Å². The average molecular weight is 439 g/mol. The number of carbonyl (C=O) groups excluding carboxylic acids is 1. The van der Waals surface area contributed by atoms with Crippen molar-refractivity contribution in [3.05, 3.63) is 47.5 Å². The maximum atomic E-state index is 11.7. The number of nitrogens with two attached hydrogens (primary N) is 1. The molecule has 2 aromatic heterocycles. The molecule has 2 aliphatic carbocycles. The van der Waals surface area contributed by atoms with Crippen molar-refractivity contribution in [1.29, 1.82) is 0 Å². The van der Waals surface area contributed by atoms with Crippen LogP contribution in [0.1, 0.15) is 48.6 Å². The number of primary amides is 1. The van der Waals surface area contributed by atoms with E-state index in [-0.39, 0.29) is 10.8 Å². The van der Waals surface area contributed by atoms with E-state index >= 15 is 0 Å². The number of aromatic nitrogens is 4. The Kier molecular flexibility index (Phi) is 4.81. The van der Waals surface area contributed by atoms with Gasteiger partial charge in [-0.15, -0.1) is 10.2 Å². The lowest BCUT2D eigenvalue weighted by molar-refractivity contribution is 0.0995. The number of hydrogen-bond acceptors (Lipinski definition) is 6. The molecule has 3 N–H and O–H groups in total. The third-order valence-electron chi connectivity index (χ3n) is 6.47. The highest BCUT2D eigenvalue weighted by atomic mass is 35.5. The maximum Gasteiger partial charge on any atom is 0.271 e. The monoisotopic (exact) mass is 438 g/mol. The second kappa shape index (κ2) is 7.53. The standard InChI is InChI=1S/C22H23ClN6O2/c1-31-20-14(13-11-25-29(12-13)17-6-3-7-22(17)8-9-22)4-2-5-15(20)26-16-10-18(23)27-28-19(16)21(24)30/h2,4-5,10-12,17H,3,6-9H2,1H3,(H2,24,30)(H,26,27).